The van der Waals surface area contributed by atoms with Gasteiger partial charge in [-0.25, -0.2) is 4.98 Å². The number of para-hydroxylation sites is 1. The molecule has 0 amide bonds. The van der Waals surface area contributed by atoms with E-state index in [9.17, 15) is 0 Å². The number of benzene rings is 10. The number of hydrogen-bond donors (Lipinski definition) is 0. The largest absolute Gasteiger partial charge is 0.456 e. The summed E-state index contributed by atoms with van der Waals surface area (Å²) in [6.45, 7) is 2.22. The molecule has 0 aliphatic heterocycles. The van der Waals surface area contributed by atoms with E-state index >= 15 is 0 Å². The third-order valence-electron chi connectivity index (χ3n) is 12.8. The van der Waals surface area contributed by atoms with Crippen LogP contribution in [-0.4, -0.2) is 4.98 Å². The van der Waals surface area contributed by atoms with Gasteiger partial charge in [0.05, 0.1) is 11.4 Å². The number of pyridine rings is 1. The highest BCUT2D eigenvalue weighted by Crippen LogP contribution is 2.48. The Balaban J connectivity index is 1.11. The standard InChI is InChI=1S/C58H35NO2/c1-34-48(33-51(59-57(34)35-14-3-2-4-15-35)38-27-28-45-43-20-8-7-18-41(43)42-19-9-10-21-44(42)49(45)31-38)50-30-36-16-5-6-17-40(36)58-56(50)55-39(23-13-25-53(55)61-58)37-26-29-47-46-22-11-12-24-52(46)60-54(47)32-37/h2-33H,1H3. The Morgan fingerprint density at radius 2 is 0.951 bits per heavy atom. The highest BCUT2D eigenvalue weighted by Gasteiger charge is 2.23. The van der Waals surface area contributed by atoms with Gasteiger partial charge in [0.2, 0.25) is 0 Å². The van der Waals surface area contributed by atoms with E-state index in [1.807, 2.05) is 12.1 Å². The molecule has 0 atom stereocenters. The van der Waals surface area contributed by atoms with Crippen molar-refractivity contribution in [2.24, 2.45) is 0 Å². The minimum absolute atomic E-state index is 0.846. The first-order valence-electron chi connectivity index (χ1n) is 20.9. The molecular formula is C58H35NO2. The van der Waals surface area contributed by atoms with Crippen molar-refractivity contribution in [1.29, 1.82) is 0 Å². The molecule has 13 aromatic rings. The van der Waals surface area contributed by atoms with Crippen LogP contribution in [0.1, 0.15) is 5.56 Å². The highest BCUT2D eigenvalue weighted by atomic mass is 16.3. The van der Waals surface area contributed by atoms with Gasteiger partial charge in [-0.05, 0) is 115 Å². The lowest BCUT2D eigenvalue weighted by Gasteiger charge is -2.17. The molecule has 3 heteroatoms. The van der Waals surface area contributed by atoms with Crippen molar-refractivity contribution in [1.82, 2.24) is 4.98 Å². The fourth-order valence-electron chi connectivity index (χ4n) is 9.98. The first kappa shape index (κ1) is 33.9. The topological polar surface area (TPSA) is 39.2 Å². The molecule has 0 saturated heterocycles. The molecule has 10 aromatic carbocycles. The Labute approximate surface area is 350 Å². The van der Waals surface area contributed by atoms with Crippen molar-refractivity contribution in [3.63, 3.8) is 0 Å². The molecule has 0 N–H and O–H groups in total. The van der Waals surface area contributed by atoms with E-state index in [0.29, 0.717) is 0 Å². The molecule has 0 unspecified atom stereocenters. The maximum absolute atomic E-state index is 6.98. The van der Waals surface area contributed by atoms with Crippen LogP contribution in [-0.2, 0) is 0 Å². The average molecular weight is 778 g/mol. The van der Waals surface area contributed by atoms with E-state index in [4.69, 9.17) is 13.8 Å². The fraction of sp³-hybridized carbons (Fsp3) is 0.0172. The second-order valence-electron chi connectivity index (χ2n) is 16.2. The normalized spacial score (nSPS) is 12.0. The number of rotatable bonds is 4. The summed E-state index contributed by atoms with van der Waals surface area (Å²) < 4.78 is 13.4. The number of hydrogen-bond acceptors (Lipinski definition) is 3. The Bertz CT molecular complexity index is 3910. The Hall–Kier alpha value is -8.01. The van der Waals surface area contributed by atoms with Crippen LogP contribution in [0.2, 0.25) is 0 Å². The summed E-state index contributed by atoms with van der Waals surface area (Å²) in [5, 5.41) is 14.1. The van der Waals surface area contributed by atoms with Gasteiger partial charge in [0, 0.05) is 38.1 Å². The number of furan rings is 2. The van der Waals surface area contributed by atoms with Crippen molar-refractivity contribution in [2.75, 3.05) is 0 Å². The molecule has 0 radical (unpaired) electrons. The fourth-order valence-corrected chi connectivity index (χ4v) is 9.98. The quantitative estimate of drug-likeness (QED) is 0.167. The average Bonchev–Trinajstić information content (AvgIpc) is 3.91. The smallest absolute Gasteiger partial charge is 0.143 e. The number of nitrogens with zero attached hydrogens (tertiary/aromatic N) is 1. The van der Waals surface area contributed by atoms with Crippen molar-refractivity contribution in [3.05, 3.63) is 200 Å². The van der Waals surface area contributed by atoms with Gasteiger partial charge in [-0.1, -0.05) is 152 Å². The zero-order valence-electron chi connectivity index (χ0n) is 33.2. The Morgan fingerprint density at radius 1 is 0.344 bits per heavy atom. The van der Waals surface area contributed by atoms with Gasteiger partial charge in [0.1, 0.15) is 22.3 Å². The third kappa shape index (κ3) is 5.08. The van der Waals surface area contributed by atoms with Crippen molar-refractivity contribution in [2.45, 2.75) is 6.92 Å². The van der Waals surface area contributed by atoms with E-state index < -0.39 is 0 Å². The molecule has 284 valence electrons. The van der Waals surface area contributed by atoms with Crippen LogP contribution in [0, 0.1) is 6.92 Å². The predicted molar refractivity (Wildman–Crippen MR) is 255 cm³/mol. The molecule has 13 rings (SSSR count). The van der Waals surface area contributed by atoms with E-state index in [-0.39, 0.29) is 0 Å². The van der Waals surface area contributed by atoms with E-state index in [1.165, 1.54) is 32.3 Å². The van der Waals surface area contributed by atoms with E-state index in [0.717, 1.165) is 105 Å². The minimum Gasteiger partial charge on any atom is -0.456 e. The van der Waals surface area contributed by atoms with Crippen LogP contribution < -0.4 is 0 Å². The summed E-state index contributed by atoms with van der Waals surface area (Å²) in [7, 11) is 0. The lowest BCUT2D eigenvalue weighted by Crippen LogP contribution is -1.97. The minimum atomic E-state index is 0.846. The van der Waals surface area contributed by atoms with E-state index in [2.05, 4.69) is 189 Å². The molecule has 3 aromatic heterocycles. The maximum Gasteiger partial charge on any atom is 0.143 e. The lowest BCUT2D eigenvalue weighted by atomic mass is 9.88. The van der Waals surface area contributed by atoms with Crippen LogP contribution in [0.5, 0.6) is 0 Å². The molecule has 3 nitrogen and oxygen atoms in total. The maximum atomic E-state index is 6.98. The summed E-state index contributed by atoms with van der Waals surface area (Å²) in [4.78, 5) is 5.52. The number of aromatic nitrogens is 1. The molecule has 0 spiro atoms. The van der Waals surface area contributed by atoms with Crippen molar-refractivity contribution >= 4 is 87.0 Å². The molecule has 3 heterocycles. The van der Waals surface area contributed by atoms with Gasteiger partial charge in [0.25, 0.3) is 0 Å². The van der Waals surface area contributed by atoms with Crippen LogP contribution >= 0.6 is 0 Å². The summed E-state index contributed by atoms with van der Waals surface area (Å²) >= 11 is 0. The molecule has 0 bridgehead atoms. The van der Waals surface area contributed by atoms with Gasteiger partial charge >= 0.3 is 0 Å². The second kappa shape index (κ2) is 13.0. The number of fused-ring (bicyclic) bond motifs is 14. The van der Waals surface area contributed by atoms with Crippen molar-refractivity contribution < 1.29 is 8.83 Å². The monoisotopic (exact) mass is 777 g/mol. The van der Waals surface area contributed by atoms with Gasteiger partial charge in [-0.3, -0.25) is 0 Å². The zero-order chi connectivity index (χ0) is 40.2. The first-order chi connectivity index (χ1) is 30.2. The summed E-state index contributed by atoms with van der Waals surface area (Å²) in [5.41, 5.74) is 13.0. The summed E-state index contributed by atoms with van der Waals surface area (Å²) in [6, 6.07) is 69.4. The molecule has 0 saturated carbocycles. The van der Waals surface area contributed by atoms with E-state index in [1.54, 1.807) is 0 Å². The first-order valence-corrected chi connectivity index (χ1v) is 20.9. The molecular weight excluding hydrogens is 743 g/mol. The Morgan fingerprint density at radius 3 is 1.74 bits per heavy atom. The van der Waals surface area contributed by atoms with Crippen molar-refractivity contribution in [3.8, 4) is 44.8 Å². The van der Waals surface area contributed by atoms with Crippen LogP contribution in [0.3, 0.4) is 0 Å². The van der Waals surface area contributed by atoms with Gasteiger partial charge in [-0.15, -0.1) is 0 Å². The Kier molecular flexibility index (Phi) is 7.22. The van der Waals surface area contributed by atoms with Gasteiger partial charge in [-0.2, -0.15) is 0 Å². The second-order valence-corrected chi connectivity index (χ2v) is 16.2. The van der Waals surface area contributed by atoms with Gasteiger partial charge in [0.15, 0.2) is 0 Å². The summed E-state index contributed by atoms with van der Waals surface area (Å²) in [5.74, 6) is 0. The lowest BCUT2D eigenvalue weighted by molar-refractivity contribution is 0.669. The molecule has 0 aliphatic carbocycles. The predicted octanol–water partition coefficient (Wildman–Crippen LogP) is 16.5. The third-order valence-corrected chi connectivity index (χ3v) is 12.8. The zero-order valence-corrected chi connectivity index (χ0v) is 33.2. The van der Waals surface area contributed by atoms with Gasteiger partial charge < -0.3 is 8.83 Å². The van der Waals surface area contributed by atoms with Crippen LogP contribution in [0.4, 0.5) is 0 Å². The molecule has 0 fully saturated rings. The highest BCUT2D eigenvalue weighted by molar-refractivity contribution is 6.27. The van der Waals surface area contributed by atoms with Crippen LogP contribution in [0.15, 0.2) is 203 Å². The molecule has 61 heavy (non-hydrogen) atoms. The summed E-state index contributed by atoms with van der Waals surface area (Å²) in [6.07, 6.45) is 0. The van der Waals surface area contributed by atoms with Crippen LogP contribution in [0.25, 0.3) is 132 Å². The SMILES string of the molecule is Cc1c(-c2cc3ccccc3c3oc4cccc(-c5ccc6c(c5)oc5ccccc56)c4c23)cc(-c2ccc3c4ccccc4c4ccccc4c3c2)nc1-c1ccccc1. The molecule has 0 aliphatic rings.